The van der Waals surface area contributed by atoms with Crippen molar-refractivity contribution in [2.45, 2.75) is 39.3 Å². The number of hydrogen-bond acceptors (Lipinski definition) is 5. The van der Waals surface area contributed by atoms with Gasteiger partial charge < -0.3 is 20.4 Å². The van der Waals surface area contributed by atoms with Crippen molar-refractivity contribution in [3.8, 4) is 0 Å². The maximum Gasteiger partial charge on any atom is 0.317 e. The number of amides is 3. The van der Waals surface area contributed by atoms with E-state index in [1.54, 1.807) is 10.9 Å². The van der Waals surface area contributed by atoms with Crippen molar-refractivity contribution < 1.29 is 9.59 Å². The van der Waals surface area contributed by atoms with Crippen molar-refractivity contribution in [1.82, 2.24) is 24.9 Å². The van der Waals surface area contributed by atoms with E-state index in [0.717, 1.165) is 66.0 Å². The number of piperazine rings is 1. The topological polar surface area (TPSA) is 85.7 Å². The fraction of sp³-hybridized carbons (Fsp3) is 0.433. The van der Waals surface area contributed by atoms with Crippen LogP contribution >= 0.6 is 0 Å². The Morgan fingerprint density at radius 2 is 1.87 bits per heavy atom. The standard InChI is InChI=1S/C30H37N7O2/c1-21-16-23(17-31-30(39)36-14-12-35(13-15-36)19-22-6-5-7-22)10-11-25(21)29(38)37-20-24-18-32-34(2)28(24)33-26-8-3-4-9-27(26)37/h3-4,8-11,16,18,22,33H,5-7,12-15,17,19-20H2,1-2H3,(H,31,39). The van der Waals surface area contributed by atoms with Crippen LogP contribution < -0.4 is 15.5 Å². The molecular formula is C30H37N7O2. The van der Waals surface area contributed by atoms with E-state index >= 15 is 0 Å². The average molecular weight is 528 g/mol. The maximum absolute atomic E-state index is 13.8. The largest absolute Gasteiger partial charge is 0.338 e. The van der Waals surface area contributed by atoms with Gasteiger partial charge in [0.05, 0.1) is 24.1 Å². The average Bonchev–Trinajstić information content (AvgIpc) is 3.17. The number of para-hydroxylation sites is 2. The molecule has 0 unspecified atom stereocenters. The Hall–Kier alpha value is -3.85. The fourth-order valence-electron chi connectivity index (χ4n) is 5.82. The lowest BCUT2D eigenvalue weighted by molar-refractivity contribution is 0.0984. The number of benzene rings is 2. The summed E-state index contributed by atoms with van der Waals surface area (Å²) in [4.78, 5) is 32.9. The summed E-state index contributed by atoms with van der Waals surface area (Å²) in [7, 11) is 1.89. The van der Waals surface area contributed by atoms with E-state index in [1.165, 1.54) is 25.8 Å². The summed E-state index contributed by atoms with van der Waals surface area (Å²) in [6, 6.07) is 13.6. The molecular weight excluding hydrogens is 490 g/mol. The van der Waals surface area contributed by atoms with Crippen LogP contribution in [0.25, 0.3) is 0 Å². The Balaban J connectivity index is 1.10. The predicted molar refractivity (Wildman–Crippen MR) is 152 cm³/mol. The van der Waals surface area contributed by atoms with Gasteiger partial charge in [-0.1, -0.05) is 30.7 Å². The minimum Gasteiger partial charge on any atom is -0.338 e. The zero-order valence-corrected chi connectivity index (χ0v) is 22.8. The number of rotatable bonds is 5. The Morgan fingerprint density at radius 1 is 1.08 bits per heavy atom. The lowest BCUT2D eigenvalue weighted by Gasteiger charge is -2.38. The summed E-state index contributed by atoms with van der Waals surface area (Å²) in [5, 5.41) is 10.9. The zero-order valence-electron chi connectivity index (χ0n) is 22.8. The number of aryl methyl sites for hydroxylation is 2. The molecule has 0 radical (unpaired) electrons. The van der Waals surface area contributed by atoms with Crippen molar-refractivity contribution >= 4 is 29.1 Å². The summed E-state index contributed by atoms with van der Waals surface area (Å²) in [5.41, 5.74) is 5.18. The minimum absolute atomic E-state index is 0.0166. The van der Waals surface area contributed by atoms with Crippen LogP contribution in [0, 0.1) is 12.8 Å². The zero-order chi connectivity index (χ0) is 26.9. The fourth-order valence-corrected chi connectivity index (χ4v) is 5.82. The lowest BCUT2D eigenvalue weighted by Crippen LogP contribution is -2.52. The number of anilines is 3. The number of hydrogen-bond donors (Lipinski definition) is 2. The van der Waals surface area contributed by atoms with E-state index in [4.69, 9.17) is 0 Å². The second-order valence-electron chi connectivity index (χ2n) is 11.1. The first-order valence-corrected chi connectivity index (χ1v) is 14.0. The van der Waals surface area contributed by atoms with Crippen LogP contribution in [0.2, 0.25) is 0 Å². The molecule has 1 aromatic heterocycles. The Morgan fingerprint density at radius 3 is 2.62 bits per heavy atom. The molecule has 0 spiro atoms. The molecule has 3 aliphatic rings. The van der Waals surface area contributed by atoms with E-state index in [2.05, 4.69) is 20.6 Å². The van der Waals surface area contributed by atoms with Crippen molar-refractivity contribution in [2.24, 2.45) is 13.0 Å². The summed E-state index contributed by atoms with van der Waals surface area (Å²) in [6.45, 7) is 7.46. The first kappa shape index (κ1) is 25.4. The monoisotopic (exact) mass is 527 g/mol. The Labute approximate surface area is 229 Å². The van der Waals surface area contributed by atoms with Gasteiger partial charge in [0.1, 0.15) is 5.82 Å². The normalized spacial score (nSPS) is 17.5. The number of nitrogens with one attached hydrogen (secondary N) is 2. The maximum atomic E-state index is 13.8. The number of nitrogens with zero attached hydrogens (tertiary/aromatic N) is 5. The van der Waals surface area contributed by atoms with Crippen molar-refractivity contribution in [2.75, 3.05) is 42.9 Å². The lowest BCUT2D eigenvalue weighted by atomic mass is 9.85. The molecule has 39 heavy (non-hydrogen) atoms. The van der Waals surface area contributed by atoms with Gasteiger partial charge in [-0.25, -0.2) is 4.79 Å². The molecule has 1 saturated heterocycles. The number of carbonyl (C=O) groups is 2. The van der Waals surface area contributed by atoms with Crippen LogP contribution in [0.4, 0.5) is 22.0 Å². The molecule has 1 saturated carbocycles. The predicted octanol–water partition coefficient (Wildman–Crippen LogP) is 4.26. The smallest absolute Gasteiger partial charge is 0.317 e. The molecule has 204 valence electrons. The van der Waals surface area contributed by atoms with E-state index in [9.17, 15) is 9.59 Å². The first-order chi connectivity index (χ1) is 19.0. The van der Waals surface area contributed by atoms with Gasteiger partial charge in [0.15, 0.2) is 0 Å². The Bertz CT molecular complexity index is 1370. The van der Waals surface area contributed by atoms with E-state index in [0.29, 0.717) is 18.7 Å². The highest BCUT2D eigenvalue weighted by atomic mass is 16.2. The second-order valence-corrected chi connectivity index (χ2v) is 11.1. The summed E-state index contributed by atoms with van der Waals surface area (Å²) >= 11 is 0. The number of carbonyl (C=O) groups excluding carboxylic acids is 2. The van der Waals surface area contributed by atoms with Gasteiger partial charge >= 0.3 is 6.03 Å². The molecule has 3 heterocycles. The van der Waals surface area contributed by atoms with E-state index < -0.39 is 0 Å². The highest BCUT2D eigenvalue weighted by Crippen LogP contribution is 2.36. The third kappa shape index (κ3) is 5.23. The van der Waals surface area contributed by atoms with Crippen LogP contribution in [0.5, 0.6) is 0 Å². The van der Waals surface area contributed by atoms with Gasteiger partial charge in [-0.05, 0) is 55.0 Å². The van der Waals surface area contributed by atoms with Gasteiger partial charge in [0, 0.05) is 57.4 Å². The van der Waals surface area contributed by atoms with E-state index in [-0.39, 0.29) is 11.9 Å². The van der Waals surface area contributed by atoms with Crippen molar-refractivity contribution in [3.63, 3.8) is 0 Å². The van der Waals surface area contributed by atoms with Crippen molar-refractivity contribution in [1.29, 1.82) is 0 Å². The highest BCUT2D eigenvalue weighted by Gasteiger charge is 2.28. The van der Waals surface area contributed by atoms with Gasteiger partial charge in [-0.2, -0.15) is 5.10 Å². The van der Waals surface area contributed by atoms with Crippen LogP contribution in [0.15, 0.2) is 48.7 Å². The summed E-state index contributed by atoms with van der Waals surface area (Å²) in [6.07, 6.45) is 5.90. The number of aromatic nitrogens is 2. The van der Waals surface area contributed by atoms with Crippen LogP contribution in [-0.4, -0.2) is 64.2 Å². The molecule has 2 aromatic carbocycles. The molecule has 0 bridgehead atoms. The van der Waals surface area contributed by atoms with Gasteiger partial charge in [0.2, 0.25) is 0 Å². The highest BCUT2D eigenvalue weighted by molar-refractivity contribution is 6.09. The second kappa shape index (κ2) is 10.7. The van der Waals surface area contributed by atoms with Gasteiger partial charge in [-0.3, -0.25) is 14.4 Å². The number of urea groups is 1. The molecule has 2 aliphatic heterocycles. The Kier molecular flexibility index (Phi) is 6.99. The molecule has 3 amide bonds. The summed E-state index contributed by atoms with van der Waals surface area (Å²) in [5.74, 6) is 1.69. The molecule has 9 nitrogen and oxygen atoms in total. The van der Waals surface area contributed by atoms with Crippen LogP contribution in [0.1, 0.15) is 46.3 Å². The first-order valence-electron chi connectivity index (χ1n) is 14.0. The van der Waals surface area contributed by atoms with Crippen LogP contribution in [-0.2, 0) is 20.1 Å². The summed E-state index contributed by atoms with van der Waals surface area (Å²) < 4.78 is 1.80. The van der Waals surface area contributed by atoms with Crippen LogP contribution in [0.3, 0.4) is 0 Å². The molecule has 1 aliphatic carbocycles. The third-order valence-corrected chi connectivity index (χ3v) is 8.40. The molecule has 9 heteroatoms. The SMILES string of the molecule is Cc1cc(CNC(=O)N2CCN(CC3CCC3)CC2)ccc1C(=O)N1Cc2cnn(C)c2Nc2ccccc21. The third-order valence-electron chi connectivity index (χ3n) is 8.40. The molecule has 2 N–H and O–H groups in total. The van der Waals surface area contributed by atoms with Gasteiger partial charge in [-0.15, -0.1) is 0 Å². The van der Waals surface area contributed by atoms with Crippen molar-refractivity contribution in [3.05, 3.63) is 70.9 Å². The number of fused-ring (bicyclic) bond motifs is 2. The minimum atomic E-state index is -0.0613. The quantitative estimate of drug-likeness (QED) is 0.518. The molecule has 3 aromatic rings. The molecule has 6 rings (SSSR count). The van der Waals surface area contributed by atoms with Gasteiger partial charge in [0.25, 0.3) is 5.91 Å². The molecule has 2 fully saturated rings. The van der Waals surface area contributed by atoms with E-state index in [1.807, 2.05) is 66.2 Å². The molecule has 0 atom stereocenters.